The molecular formula is C26H23BrN2O3. The van der Waals surface area contributed by atoms with Gasteiger partial charge in [-0.1, -0.05) is 52.3 Å². The van der Waals surface area contributed by atoms with Crippen molar-refractivity contribution in [1.82, 2.24) is 0 Å². The van der Waals surface area contributed by atoms with E-state index in [1.807, 2.05) is 93.6 Å². The fourth-order valence-electron chi connectivity index (χ4n) is 4.68. The normalized spacial score (nSPS) is 24.9. The molecule has 0 saturated carbocycles. The molecule has 3 aromatic carbocycles. The summed E-state index contributed by atoms with van der Waals surface area (Å²) in [5, 5.41) is 1.72. The number of aryl methyl sites for hydroxylation is 2. The minimum Gasteiger partial charge on any atom is -0.273 e. The zero-order valence-corrected chi connectivity index (χ0v) is 19.7. The first-order chi connectivity index (χ1) is 15.3. The number of hydrogen-bond acceptors (Lipinski definition) is 4. The number of imide groups is 1. The van der Waals surface area contributed by atoms with Crippen LogP contribution in [0.25, 0.3) is 0 Å². The zero-order chi connectivity index (χ0) is 22.6. The van der Waals surface area contributed by atoms with Gasteiger partial charge in [-0.05, 0) is 73.9 Å². The van der Waals surface area contributed by atoms with Crippen molar-refractivity contribution in [3.05, 3.63) is 94.0 Å². The van der Waals surface area contributed by atoms with Crippen LogP contribution in [0.3, 0.4) is 0 Å². The van der Waals surface area contributed by atoms with Crippen molar-refractivity contribution in [2.45, 2.75) is 32.9 Å². The smallest absolute Gasteiger partial charge is 0.266 e. The first-order valence-electron chi connectivity index (χ1n) is 10.5. The summed E-state index contributed by atoms with van der Waals surface area (Å²) in [6.45, 7) is 5.83. The van der Waals surface area contributed by atoms with Crippen LogP contribution in [-0.4, -0.2) is 17.9 Å². The number of amides is 2. The molecular weight excluding hydrogens is 468 g/mol. The highest BCUT2D eigenvalue weighted by atomic mass is 79.9. The van der Waals surface area contributed by atoms with E-state index in [4.69, 9.17) is 4.84 Å². The SMILES string of the molecule is Cc1ccc(N2C(=O)C3ON(c4ccccc4)C(c4ccc(Br)cc4)C3(C)C2=O)cc1C. The molecule has 3 aromatic rings. The van der Waals surface area contributed by atoms with E-state index < -0.39 is 17.6 Å². The number of carbonyl (C=O) groups is 2. The summed E-state index contributed by atoms with van der Waals surface area (Å²) in [6.07, 6.45) is -0.912. The number of carbonyl (C=O) groups excluding carboxylic acids is 2. The predicted molar refractivity (Wildman–Crippen MR) is 127 cm³/mol. The summed E-state index contributed by atoms with van der Waals surface area (Å²) in [4.78, 5) is 35.1. The Balaban J connectivity index is 1.64. The molecule has 2 heterocycles. The lowest BCUT2D eigenvalue weighted by atomic mass is 9.76. The van der Waals surface area contributed by atoms with Crippen LogP contribution in [0.4, 0.5) is 11.4 Å². The summed E-state index contributed by atoms with van der Waals surface area (Å²) >= 11 is 3.48. The molecule has 0 aromatic heterocycles. The molecule has 162 valence electrons. The lowest BCUT2D eigenvalue weighted by Gasteiger charge is -2.32. The first kappa shape index (κ1) is 20.9. The molecule has 2 saturated heterocycles. The van der Waals surface area contributed by atoms with Gasteiger partial charge < -0.3 is 0 Å². The van der Waals surface area contributed by atoms with Gasteiger partial charge in [-0.2, -0.15) is 0 Å². The third-order valence-electron chi connectivity index (χ3n) is 6.62. The second-order valence-electron chi connectivity index (χ2n) is 8.63. The van der Waals surface area contributed by atoms with Crippen LogP contribution in [0, 0.1) is 19.3 Å². The number of rotatable bonds is 3. The van der Waals surface area contributed by atoms with Crippen molar-refractivity contribution in [3.8, 4) is 0 Å². The maximum Gasteiger partial charge on any atom is 0.266 e. The van der Waals surface area contributed by atoms with Crippen molar-refractivity contribution in [2.24, 2.45) is 5.41 Å². The van der Waals surface area contributed by atoms with Gasteiger partial charge in [0.1, 0.15) is 5.41 Å². The summed E-state index contributed by atoms with van der Waals surface area (Å²) in [7, 11) is 0. The molecule has 2 fully saturated rings. The molecule has 5 nitrogen and oxygen atoms in total. The number of anilines is 2. The summed E-state index contributed by atoms with van der Waals surface area (Å²) in [5.74, 6) is -0.580. The number of benzene rings is 3. The number of nitrogens with zero attached hydrogens (tertiary/aromatic N) is 2. The molecule has 0 spiro atoms. The maximum atomic E-state index is 13.9. The summed E-state index contributed by atoms with van der Waals surface area (Å²) in [6, 6.07) is 22.6. The molecule has 0 bridgehead atoms. The van der Waals surface area contributed by atoms with Gasteiger partial charge in [-0.15, -0.1) is 0 Å². The Labute approximate surface area is 195 Å². The van der Waals surface area contributed by atoms with Crippen LogP contribution in [0.1, 0.15) is 29.7 Å². The van der Waals surface area contributed by atoms with Crippen molar-refractivity contribution in [3.63, 3.8) is 0 Å². The largest absolute Gasteiger partial charge is 0.273 e. The van der Waals surface area contributed by atoms with Gasteiger partial charge in [0.2, 0.25) is 5.91 Å². The van der Waals surface area contributed by atoms with Crippen molar-refractivity contribution >= 4 is 39.1 Å². The molecule has 3 unspecified atom stereocenters. The first-order valence-corrected chi connectivity index (χ1v) is 11.3. The molecule has 5 rings (SSSR count). The average Bonchev–Trinajstić information content (AvgIpc) is 3.20. The van der Waals surface area contributed by atoms with E-state index in [1.54, 1.807) is 5.06 Å². The van der Waals surface area contributed by atoms with Gasteiger partial charge in [0, 0.05) is 4.47 Å². The van der Waals surface area contributed by atoms with Crippen LogP contribution in [-0.2, 0) is 14.4 Å². The highest BCUT2D eigenvalue weighted by Crippen LogP contribution is 2.55. The molecule has 0 N–H and O–H groups in total. The van der Waals surface area contributed by atoms with E-state index in [0.29, 0.717) is 5.69 Å². The number of fused-ring (bicyclic) bond motifs is 1. The highest BCUT2D eigenvalue weighted by Gasteiger charge is 2.68. The second-order valence-corrected chi connectivity index (χ2v) is 9.55. The van der Waals surface area contributed by atoms with Gasteiger partial charge >= 0.3 is 0 Å². The van der Waals surface area contributed by atoms with Crippen molar-refractivity contribution in [2.75, 3.05) is 9.96 Å². The monoisotopic (exact) mass is 490 g/mol. The van der Waals surface area contributed by atoms with Gasteiger partial charge in [0.25, 0.3) is 5.91 Å². The average molecular weight is 491 g/mol. The van der Waals surface area contributed by atoms with Crippen LogP contribution >= 0.6 is 15.9 Å². The topological polar surface area (TPSA) is 49.9 Å². The second kappa shape index (κ2) is 7.57. The maximum absolute atomic E-state index is 13.9. The van der Waals surface area contributed by atoms with Crippen LogP contribution in [0.5, 0.6) is 0 Å². The number of para-hydroxylation sites is 1. The lowest BCUT2D eigenvalue weighted by molar-refractivity contribution is -0.128. The van der Waals surface area contributed by atoms with E-state index in [2.05, 4.69) is 15.9 Å². The van der Waals surface area contributed by atoms with E-state index in [-0.39, 0.29) is 11.8 Å². The Morgan fingerprint density at radius 1 is 0.875 bits per heavy atom. The third-order valence-corrected chi connectivity index (χ3v) is 7.15. The van der Waals surface area contributed by atoms with Gasteiger partial charge in [-0.25, -0.2) is 9.96 Å². The van der Waals surface area contributed by atoms with E-state index in [1.165, 1.54) is 4.90 Å². The molecule has 3 atom stereocenters. The quantitative estimate of drug-likeness (QED) is 0.454. The number of hydroxylamine groups is 1. The van der Waals surface area contributed by atoms with Gasteiger partial charge in [-0.3, -0.25) is 14.4 Å². The van der Waals surface area contributed by atoms with Gasteiger partial charge in [0.05, 0.1) is 17.4 Å². The summed E-state index contributed by atoms with van der Waals surface area (Å²) < 4.78 is 0.943. The summed E-state index contributed by atoms with van der Waals surface area (Å²) in [5.41, 5.74) is 3.35. The molecule has 2 aliphatic heterocycles. The van der Waals surface area contributed by atoms with Gasteiger partial charge in [0.15, 0.2) is 6.10 Å². The van der Waals surface area contributed by atoms with E-state index in [0.717, 1.165) is 26.9 Å². The Morgan fingerprint density at radius 3 is 2.22 bits per heavy atom. The van der Waals surface area contributed by atoms with Crippen molar-refractivity contribution in [1.29, 1.82) is 0 Å². The van der Waals surface area contributed by atoms with Crippen molar-refractivity contribution < 1.29 is 14.4 Å². The molecule has 32 heavy (non-hydrogen) atoms. The predicted octanol–water partition coefficient (Wildman–Crippen LogP) is 5.51. The standard InChI is InChI=1S/C26H23BrN2O3/c1-16-9-14-21(15-17(16)2)28-24(30)23-26(3,25(28)31)22(18-10-12-19(27)13-11-18)29(32-23)20-7-5-4-6-8-20/h4-15,22-23H,1-3H3. The molecule has 2 amide bonds. The molecule has 0 radical (unpaired) electrons. The third kappa shape index (κ3) is 3.01. The fraction of sp³-hybridized carbons (Fsp3) is 0.231. The number of hydrogen-bond donors (Lipinski definition) is 0. The number of halogens is 1. The van der Waals surface area contributed by atoms with Crippen LogP contribution < -0.4 is 9.96 Å². The Hall–Kier alpha value is -2.96. The zero-order valence-electron chi connectivity index (χ0n) is 18.1. The molecule has 0 aliphatic carbocycles. The lowest BCUT2D eigenvalue weighted by Crippen LogP contribution is -2.41. The Morgan fingerprint density at radius 2 is 1.56 bits per heavy atom. The van der Waals surface area contributed by atoms with E-state index >= 15 is 0 Å². The Bertz CT molecular complexity index is 1210. The van der Waals surface area contributed by atoms with E-state index in [9.17, 15) is 9.59 Å². The van der Waals surface area contributed by atoms with Crippen LogP contribution in [0.2, 0.25) is 0 Å². The fourth-order valence-corrected chi connectivity index (χ4v) is 4.94. The van der Waals surface area contributed by atoms with Crippen LogP contribution in [0.15, 0.2) is 77.3 Å². The minimum atomic E-state index is -1.08. The molecule has 6 heteroatoms. The highest BCUT2D eigenvalue weighted by molar-refractivity contribution is 9.10. The Kier molecular flexibility index (Phi) is 4.95. The molecule has 2 aliphatic rings. The minimum absolute atomic E-state index is 0.248.